The molecule has 0 saturated carbocycles. The van der Waals surface area contributed by atoms with E-state index in [1.807, 2.05) is 6.92 Å². The van der Waals surface area contributed by atoms with Crippen molar-refractivity contribution >= 4 is 29.5 Å². The van der Waals surface area contributed by atoms with Crippen LogP contribution in [0.25, 0.3) is 0 Å². The fourth-order valence-electron chi connectivity index (χ4n) is 3.03. The minimum atomic E-state index is -0.355. The number of aldehydes is 1. The Balaban J connectivity index is 1.57. The molecule has 0 radical (unpaired) electrons. The number of hydrogen-bond acceptors (Lipinski definition) is 5. The number of hydrogen-bond donors (Lipinski definition) is 1. The lowest BCUT2D eigenvalue weighted by atomic mass is 10.2. The Morgan fingerprint density at radius 2 is 1.97 bits per heavy atom. The summed E-state index contributed by atoms with van der Waals surface area (Å²) in [6.07, 6.45) is 2.97. The van der Waals surface area contributed by atoms with Gasteiger partial charge in [-0.05, 0) is 49.2 Å². The van der Waals surface area contributed by atoms with Crippen LogP contribution < -0.4 is 19.7 Å². The monoisotopic (exact) mass is 396 g/mol. The van der Waals surface area contributed by atoms with Crippen molar-refractivity contribution in [2.24, 2.45) is 0 Å². The number of carbonyl (C=O) groups is 3. The average molecular weight is 396 g/mol. The highest BCUT2D eigenvalue weighted by Crippen LogP contribution is 2.25. The maximum atomic E-state index is 12.2. The first-order valence-electron chi connectivity index (χ1n) is 9.66. The molecule has 1 N–H and O–H groups in total. The van der Waals surface area contributed by atoms with E-state index in [0.717, 1.165) is 25.1 Å². The zero-order valence-electron chi connectivity index (χ0n) is 16.3. The zero-order chi connectivity index (χ0) is 20.6. The second kappa shape index (κ2) is 9.73. The molecule has 1 aliphatic heterocycles. The summed E-state index contributed by atoms with van der Waals surface area (Å²) in [6.45, 7) is 3.03. The maximum Gasteiger partial charge on any atom is 0.262 e. The van der Waals surface area contributed by atoms with Crippen LogP contribution in [0.15, 0.2) is 42.5 Å². The van der Waals surface area contributed by atoms with Crippen LogP contribution in [0.2, 0.25) is 0 Å². The molecule has 0 unspecified atom stereocenters. The molecule has 0 bridgehead atoms. The number of carbonyl (C=O) groups excluding carboxylic acids is 3. The molecule has 1 saturated heterocycles. The SMILES string of the molecule is CCCOc1ccc(C=O)c(OCC(=O)Nc2ccc(N3CCCC3=O)cc2)c1. The van der Waals surface area contributed by atoms with Gasteiger partial charge in [0.05, 0.1) is 12.2 Å². The van der Waals surface area contributed by atoms with E-state index in [0.29, 0.717) is 42.1 Å². The minimum absolute atomic E-state index is 0.117. The van der Waals surface area contributed by atoms with Gasteiger partial charge in [-0.25, -0.2) is 0 Å². The van der Waals surface area contributed by atoms with Crippen molar-refractivity contribution < 1.29 is 23.9 Å². The largest absolute Gasteiger partial charge is 0.493 e. The molecule has 7 nitrogen and oxygen atoms in total. The van der Waals surface area contributed by atoms with Crippen molar-refractivity contribution in [3.63, 3.8) is 0 Å². The Morgan fingerprint density at radius 3 is 2.62 bits per heavy atom. The number of rotatable bonds is 9. The molecule has 29 heavy (non-hydrogen) atoms. The molecule has 2 aromatic carbocycles. The summed E-state index contributed by atoms with van der Waals surface area (Å²) in [5.41, 5.74) is 1.77. The van der Waals surface area contributed by atoms with Gasteiger partial charge >= 0.3 is 0 Å². The lowest BCUT2D eigenvalue weighted by molar-refractivity contribution is -0.118. The molecule has 152 valence electrons. The van der Waals surface area contributed by atoms with E-state index >= 15 is 0 Å². The van der Waals surface area contributed by atoms with Gasteiger partial charge in [0.2, 0.25) is 5.91 Å². The molecular formula is C22H24N2O5. The topological polar surface area (TPSA) is 84.9 Å². The van der Waals surface area contributed by atoms with Crippen LogP contribution in [0, 0.1) is 0 Å². The first-order chi connectivity index (χ1) is 14.1. The fraction of sp³-hybridized carbons (Fsp3) is 0.318. The highest BCUT2D eigenvalue weighted by Gasteiger charge is 2.21. The van der Waals surface area contributed by atoms with Gasteiger partial charge in [0.15, 0.2) is 12.9 Å². The van der Waals surface area contributed by atoms with Crippen LogP contribution >= 0.6 is 0 Å². The highest BCUT2D eigenvalue weighted by atomic mass is 16.5. The Bertz CT molecular complexity index is 879. The van der Waals surface area contributed by atoms with E-state index in [9.17, 15) is 14.4 Å². The van der Waals surface area contributed by atoms with Gasteiger partial charge < -0.3 is 19.7 Å². The first kappa shape index (κ1) is 20.4. The molecule has 3 rings (SSSR count). The smallest absolute Gasteiger partial charge is 0.262 e. The normalized spacial score (nSPS) is 13.3. The summed E-state index contributed by atoms with van der Waals surface area (Å²) in [5, 5.41) is 2.74. The summed E-state index contributed by atoms with van der Waals surface area (Å²) in [7, 11) is 0. The number of anilines is 2. The summed E-state index contributed by atoms with van der Waals surface area (Å²) in [5.74, 6) is 0.643. The molecule has 0 atom stereocenters. The standard InChI is InChI=1S/C22H24N2O5/c1-2-12-28-19-10-5-16(14-25)20(13-19)29-15-21(26)23-17-6-8-18(9-7-17)24-11-3-4-22(24)27/h5-10,13-14H,2-4,11-12,15H2,1H3,(H,23,26). The van der Waals surface area contributed by atoms with E-state index < -0.39 is 0 Å². The predicted molar refractivity (Wildman–Crippen MR) is 110 cm³/mol. The van der Waals surface area contributed by atoms with Crippen LogP contribution in [0.4, 0.5) is 11.4 Å². The van der Waals surface area contributed by atoms with E-state index in [1.54, 1.807) is 47.4 Å². The van der Waals surface area contributed by atoms with Gasteiger partial charge in [0.25, 0.3) is 5.91 Å². The van der Waals surface area contributed by atoms with Crippen molar-refractivity contribution in [3.05, 3.63) is 48.0 Å². The molecule has 0 aromatic heterocycles. The van der Waals surface area contributed by atoms with Gasteiger partial charge in [-0.15, -0.1) is 0 Å². The first-order valence-corrected chi connectivity index (χ1v) is 9.66. The van der Waals surface area contributed by atoms with Crippen LogP contribution in [-0.2, 0) is 9.59 Å². The molecule has 1 heterocycles. The third-order valence-electron chi connectivity index (χ3n) is 4.48. The van der Waals surface area contributed by atoms with Crippen LogP contribution in [-0.4, -0.2) is 37.9 Å². The Hall–Kier alpha value is -3.35. The third-order valence-corrected chi connectivity index (χ3v) is 4.48. The number of nitrogens with zero attached hydrogens (tertiary/aromatic N) is 1. The number of benzene rings is 2. The summed E-state index contributed by atoms with van der Waals surface area (Å²) < 4.78 is 11.1. The van der Waals surface area contributed by atoms with Crippen molar-refractivity contribution in [1.29, 1.82) is 0 Å². The lowest BCUT2D eigenvalue weighted by Crippen LogP contribution is -2.23. The molecule has 1 aliphatic rings. The van der Waals surface area contributed by atoms with Gasteiger partial charge in [-0.3, -0.25) is 14.4 Å². The highest BCUT2D eigenvalue weighted by molar-refractivity contribution is 5.96. The second-order valence-electron chi connectivity index (χ2n) is 6.70. The molecule has 7 heteroatoms. The van der Waals surface area contributed by atoms with Gasteiger partial charge in [-0.1, -0.05) is 6.92 Å². The molecule has 0 spiro atoms. The average Bonchev–Trinajstić information content (AvgIpc) is 3.17. The minimum Gasteiger partial charge on any atom is -0.493 e. The number of amides is 2. The molecule has 2 amide bonds. The van der Waals surface area contributed by atoms with Crippen LogP contribution in [0.1, 0.15) is 36.5 Å². The molecular weight excluding hydrogens is 372 g/mol. The summed E-state index contributed by atoms with van der Waals surface area (Å²) >= 11 is 0. The summed E-state index contributed by atoms with van der Waals surface area (Å²) in [6, 6.07) is 12.0. The van der Waals surface area contributed by atoms with Crippen molar-refractivity contribution in [1.82, 2.24) is 0 Å². The van der Waals surface area contributed by atoms with Crippen LogP contribution in [0.3, 0.4) is 0 Å². The van der Waals surface area contributed by atoms with Crippen molar-refractivity contribution in [2.45, 2.75) is 26.2 Å². The Morgan fingerprint density at radius 1 is 1.17 bits per heavy atom. The van der Waals surface area contributed by atoms with E-state index in [-0.39, 0.29) is 18.4 Å². The molecule has 0 aliphatic carbocycles. The third kappa shape index (κ3) is 5.34. The quantitative estimate of drug-likeness (QED) is 0.657. The van der Waals surface area contributed by atoms with E-state index in [4.69, 9.17) is 9.47 Å². The molecule has 1 fully saturated rings. The zero-order valence-corrected chi connectivity index (χ0v) is 16.3. The number of ether oxygens (including phenoxy) is 2. The Labute approximate surface area is 169 Å². The van der Waals surface area contributed by atoms with Crippen molar-refractivity contribution in [2.75, 3.05) is 30.0 Å². The lowest BCUT2D eigenvalue weighted by Gasteiger charge is -2.16. The Kier molecular flexibility index (Phi) is 6.84. The predicted octanol–water partition coefficient (Wildman–Crippen LogP) is 3.43. The van der Waals surface area contributed by atoms with Crippen molar-refractivity contribution in [3.8, 4) is 11.5 Å². The second-order valence-corrected chi connectivity index (χ2v) is 6.70. The fourth-order valence-corrected chi connectivity index (χ4v) is 3.03. The maximum absolute atomic E-state index is 12.2. The van der Waals surface area contributed by atoms with Gasteiger partial charge in [-0.2, -0.15) is 0 Å². The number of nitrogens with one attached hydrogen (secondary N) is 1. The van der Waals surface area contributed by atoms with Gasteiger partial charge in [0.1, 0.15) is 11.5 Å². The summed E-state index contributed by atoms with van der Waals surface area (Å²) in [4.78, 5) is 37.0. The molecule has 2 aromatic rings. The van der Waals surface area contributed by atoms with Crippen LogP contribution in [0.5, 0.6) is 11.5 Å². The van der Waals surface area contributed by atoms with E-state index in [1.165, 1.54) is 0 Å². The van der Waals surface area contributed by atoms with Gasteiger partial charge in [0, 0.05) is 30.4 Å². The van der Waals surface area contributed by atoms with E-state index in [2.05, 4.69) is 5.32 Å².